The van der Waals surface area contributed by atoms with E-state index in [0.717, 1.165) is 39.1 Å². The summed E-state index contributed by atoms with van der Waals surface area (Å²) >= 11 is 0. The molecular formula is C13H23NO3. The van der Waals surface area contributed by atoms with Crippen molar-refractivity contribution in [2.24, 2.45) is 0 Å². The van der Waals surface area contributed by atoms with Gasteiger partial charge in [-0.25, -0.2) is 0 Å². The van der Waals surface area contributed by atoms with Crippen molar-refractivity contribution >= 4 is 0 Å². The fraction of sp³-hybridized carbons (Fsp3) is 1.00. The molecule has 1 aliphatic carbocycles. The highest BCUT2D eigenvalue weighted by Crippen LogP contribution is 2.33. The molecule has 0 amide bonds. The SMILES string of the molecule is C1CCC(ONC2CCOC3(CCOC3)C2)C1. The third kappa shape index (κ3) is 2.81. The van der Waals surface area contributed by atoms with Crippen LogP contribution < -0.4 is 5.48 Å². The van der Waals surface area contributed by atoms with E-state index >= 15 is 0 Å². The first-order chi connectivity index (χ1) is 8.36. The van der Waals surface area contributed by atoms with E-state index < -0.39 is 0 Å². The van der Waals surface area contributed by atoms with Crippen molar-refractivity contribution in [1.82, 2.24) is 5.48 Å². The lowest BCUT2D eigenvalue weighted by Gasteiger charge is -2.37. The van der Waals surface area contributed by atoms with E-state index in [4.69, 9.17) is 14.3 Å². The number of hydroxylamine groups is 1. The Kier molecular flexibility index (Phi) is 3.66. The highest BCUT2D eigenvalue weighted by molar-refractivity contribution is 4.92. The molecule has 0 radical (unpaired) electrons. The summed E-state index contributed by atoms with van der Waals surface area (Å²) in [7, 11) is 0. The number of hydrogen-bond acceptors (Lipinski definition) is 4. The summed E-state index contributed by atoms with van der Waals surface area (Å²) in [5, 5.41) is 0. The quantitative estimate of drug-likeness (QED) is 0.765. The Morgan fingerprint density at radius 2 is 2.00 bits per heavy atom. The first kappa shape index (κ1) is 11.9. The molecule has 2 saturated heterocycles. The van der Waals surface area contributed by atoms with Crippen LogP contribution in [0.15, 0.2) is 0 Å². The van der Waals surface area contributed by atoms with Gasteiger partial charge >= 0.3 is 0 Å². The van der Waals surface area contributed by atoms with Crippen molar-refractivity contribution in [3.8, 4) is 0 Å². The van der Waals surface area contributed by atoms with Gasteiger partial charge in [-0.2, -0.15) is 5.48 Å². The standard InChI is InChI=1S/C13H23NO3/c1-2-4-12(3-1)17-14-11-5-7-16-13(9-11)6-8-15-10-13/h11-12,14H,1-10H2. The molecule has 0 aromatic carbocycles. The lowest BCUT2D eigenvalue weighted by atomic mass is 9.90. The van der Waals surface area contributed by atoms with Gasteiger partial charge in [0.2, 0.25) is 0 Å². The summed E-state index contributed by atoms with van der Waals surface area (Å²) in [6.45, 7) is 2.43. The van der Waals surface area contributed by atoms with Crippen LogP contribution in [0, 0.1) is 0 Å². The molecule has 17 heavy (non-hydrogen) atoms. The van der Waals surface area contributed by atoms with Crippen LogP contribution in [-0.4, -0.2) is 37.6 Å². The number of ether oxygens (including phenoxy) is 2. The molecule has 3 rings (SSSR count). The number of nitrogens with one attached hydrogen (secondary N) is 1. The summed E-state index contributed by atoms with van der Waals surface area (Å²) in [5.74, 6) is 0. The van der Waals surface area contributed by atoms with Gasteiger partial charge in [-0.3, -0.25) is 4.84 Å². The fourth-order valence-corrected chi connectivity index (χ4v) is 3.19. The maximum absolute atomic E-state index is 5.91. The van der Waals surface area contributed by atoms with Gasteiger partial charge in [0.1, 0.15) is 0 Å². The Bertz CT molecular complexity index is 247. The Morgan fingerprint density at radius 1 is 1.12 bits per heavy atom. The monoisotopic (exact) mass is 241 g/mol. The van der Waals surface area contributed by atoms with Gasteiger partial charge in [-0.15, -0.1) is 0 Å². The minimum Gasteiger partial charge on any atom is -0.378 e. The topological polar surface area (TPSA) is 39.7 Å². The van der Waals surface area contributed by atoms with Crippen LogP contribution >= 0.6 is 0 Å². The van der Waals surface area contributed by atoms with E-state index in [-0.39, 0.29) is 5.60 Å². The summed E-state index contributed by atoms with van der Waals surface area (Å²) < 4.78 is 11.4. The molecule has 2 atom stereocenters. The number of rotatable bonds is 3. The molecule has 98 valence electrons. The predicted octanol–water partition coefficient (Wildman–Crippen LogP) is 1.79. The minimum atomic E-state index is -0.0189. The molecule has 4 heteroatoms. The second-order valence-corrected chi connectivity index (χ2v) is 5.67. The molecular weight excluding hydrogens is 218 g/mol. The van der Waals surface area contributed by atoms with Crippen molar-refractivity contribution in [2.45, 2.75) is 62.7 Å². The van der Waals surface area contributed by atoms with Gasteiger partial charge < -0.3 is 9.47 Å². The average molecular weight is 241 g/mol. The van der Waals surface area contributed by atoms with Crippen molar-refractivity contribution in [3.05, 3.63) is 0 Å². The van der Waals surface area contributed by atoms with Gasteiger partial charge in [0, 0.05) is 25.7 Å². The molecule has 1 spiro atoms. The van der Waals surface area contributed by atoms with Crippen LogP contribution in [0.4, 0.5) is 0 Å². The Labute approximate surface area is 103 Å². The molecule has 1 N–H and O–H groups in total. The molecule has 2 aliphatic heterocycles. The van der Waals surface area contributed by atoms with E-state index in [1.54, 1.807) is 0 Å². The van der Waals surface area contributed by atoms with Gasteiger partial charge in [0.05, 0.1) is 18.3 Å². The zero-order chi connectivity index (χ0) is 11.6. The smallest absolute Gasteiger partial charge is 0.0952 e. The Balaban J connectivity index is 1.46. The molecule has 0 aromatic rings. The summed E-state index contributed by atoms with van der Waals surface area (Å²) in [5.41, 5.74) is 3.26. The molecule has 3 fully saturated rings. The highest BCUT2D eigenvalue weighted by Gasteiger charge is 2.41. The van der Waals surface area contributed by atoms with E-state index in [1.807, 2.05) is 0 Å². The second kappa shape index (κ2) is 5.22. The number of hydrogen-bond donors (Lipinski definition) is 1. The third-order valence-corrected chi connectivity index (χ3v) is 4.26. The normalized spacial score (nSPS) is 39.2. The largest absolute Gasteiger partial charge is 0.378 e. The van der Waals surface area contributed by atoms with Crippen LogP contribution in [0.3, 0.4) is 0 Å². The summed E-state index contributed by atoms with van der Waals surface area (Å²) in [6, 6.07) is 0.436. The zero-order valence-electron chi connectivity index (χ0n) is 10.5. The summed E-state index contributed by atoms with van der Waals surface area (Å²) in [6.07, 6.45) is 8.61. The molecule has 1 saturated carbocycles. The maximum atomic E-state index is 5.91. The van der Waals surface area contributed by atoms with Gasteiger partial charge in [-0.1, -0.05) is 12.8 Å². The molecule has 2 unspecified atom stereocenters. The second-order valence-electron chi connectivity index (χ2n) is 5.67. The van der Waals surface area contributed by atoms with Crippen LogP contribution in [0.1, 0.15) is 44.9 Å². The lowest BCUT2D eigenvalue weighted by molar-refractivity contribution is -0.123. The van der Waals surface area contributed by atoms with E-state index in [2.05, 4.69) is 5.48 Å². The Morgan fingerprint density at radius 3 is 2.76 bits per heavy atom. The van der Waals surface area contributed by atoms with Gasteiger partial charge in [0.25, 0.3) is 0 Å². The first-order valence-electron chi connectivity index (χ1n) is 6.99. The van der Waals surface area contributed by atoms with Crippen LogP contribution in [0.5, 0.6) is 0 Å². The summed E-state index contributed by atoms with van der Waals surface area (Å²) in [4.78, 5) is 5.80. The van der Waals surface area contributed by atoms with Crippen LogP contribution in [0.2, 0.25) is 0 Å². The van der Waals surface area contributed by atoms with Crippen molar-refractivity contribution < 1.29 is 14.3 Å². The third-order valence-electron chi connectivity index (χ3n) is 4.26. The van der Waals surface area contributed by atoms with E-state index in [1.165, 1.54) is 25.7 Å². The van der Waals surface area contributed by atoms with Crippen LogP contribution in [-0.2, 0) is 14.3 Å². The van der Waals surface area contributed by atoms with Crippen LogP contribution in [0.25, 0.3) is 0 Å². The molecule has 2 heterocycles. The minimum absolute atomic E-state index is 0.0189. The average Bonchev–Trinajstić information content (AvgIpc) is 2.99. The Hall–Kier alpha value is -0.160. The first-order valence-corrected chi connectivity index (χ1v) is 6.99. The zero-order valence-corrected chi connectivity index (χ0v) is 10.5. The van der Waals surface area contributed by atoms with E-state index in [0.29, 0.717) is 12.1 Å². The molecule has 3 aliphatic rings. The van der Waals surface area contributed by atoms with Gasteiger partial charge in [-0.05, 0) is 25.7 Å². The van der Waals surface area contributed by atoms with Crippen molar-refractivity contribution in [3.63, 3.8) is 0 Å². The predicted molar refractivity (Wildman–Crippen MR) is 63.6 cm³/mol. The lowest BCUT2D eigenvalue weighted by Crippen LogP contribution is -2.48. The van der Waals surface area contributed by atoms with E-state index in [9.17, 15) is 0 Å². The highest BCUT2D eigenvalue weighted by atomic mass is 16.7. The molecule has 4 nitrogen and oxygen atoms in total. The molecule has 0 aromatic heterocycles. The van der Waals surface area contributed by atoms with Crippen molar-refractivity contribution in [2.75, 3.05) is 19.8 Å². The molecule has 0 bridgehead atoms. The maximum Gasteiger partial charge on any atom is 0.0952 e. The fourth-order valence-electron chi connectivity index (χ4n) is 3.19. The van der Waals surface area contributed by atoms with Gasteiger partial charge in [0.15, 0.2) is 0 Å². The van der Waals surface area contributed by atoms with Crippen molar-refractivity contribution in [1.29, 1.82) is 0 Å².